The van der Waals surface area contributed by atoms with Gasteiger partial charge in [-0.25, -0.2) is 0 Å². The highest BCUT2D eigenvalue weighted by Gasteiger charge is 2.42. The standard InChI is InChI=1S/C14H17NO4/c1-18-8-2-3-9-12(6-8)15-11-4-5-19-7-10(11)13(9)14(16)17/h2-3,6,10-11,13,15H,4-5,7H2,1H3,(H,16,17). The van der Waals surface area contributed by atoms with E-state index in [1.807, 2.05) is 12.1 Å². The van der Waals surface area contributed by atoms with Crippen molar-refractivity contribution in [3.8, 4) is 5.75 Å². The minimum absolute atomic E-state index is 0.00727. The number of hydrogen-bond donors (Lipinski definition) is 2. The third-order valence-corrected chi connectivity index (χ3v) is 4.03. The Hall–Kier alpha value is -1.75. The van der Waals surface area contributed by atoms with Crippen LogP contribution in [0.4, 0.5) is 5.69 Å². The summed E-state index contributed by atoms with van der Waals surface area (Å²) in [6.07, 6.45) is 0.838. The number of methoxy groups -OCH3 is 1. The van der Waals surface area contributed by atoms with Gasteiger partial charge in [0.15, 0.2) is 0 Å². The zero-order valence-corrected chi connectivity index (χ0v) is 10.8. The summed E-state index contributed by atoms with van der Waals surface area (Å²) in [4.78, 5) is 11.6. The molecule has 5 heteroatoms. The Labute approximate surface area is 111 Å². The first-order chi connectivity index (χ1) is 9.20. The van der Waals surface area contributed by atoms with Crippen molar-refractivity contribution in [2.45, 2.75) is 18.4 Å². The lowest BCUT2D eigenvalue weighted by Crippen LogP contribution is -2.46. The average Bonchev–Trinajstić information content (AvgIpc) is 2.43. The van der Waals surface area contributed by atoms with Gasteiger partial charge in [-0.2, -0.15) is 0 Å². The van der Waals surface area contributed by atoms with Gasteiger partial charge in [-0.05, 0) is 18.1 Å². The Kier molecular flexibility index (Phi) is 3.06. The number of rotatable bonds is 2. The normalized spacial score (nSPS) is 28.8. The molecule has 3 rings (SSSR count). The van der Waals surface area contributed by atoms with Gasteiger partial charge in [-0.1, -0.05) is 6.07 Å². The van der Waals surface area contributed by atoms with Crippen molar-refractivity contribution in [3.63, 3.8) is 0 Å². The number of carboxylic acid groups (broad SMARTS) is 1. The molecule has 102 valence electrons. The molecule has 0 spiro atoms. The number of nitrogens with one attached hydrogen (secondary N) is 1. The third kappa shape index (κ3) is 2.04. The molecule has 2 N–H and O–H groups in total. The summed E-state index contributed by atoms with van der Waals surface area (Å²) in [5, 5.41) is 13.0. The van der Waals surface area contributed by atoms with Crippen LogP contribution in [0.3, 0.4) is 0 Å². The van der Waals surface area contributed by atoms with Gasteiger partial charge >= 0.3 is 5.97 Å². The quantitative estimate of drug-likeness (QED) is 0.850. The van der Waals surface area contributed by atoms with Gasteiger partial charge in [-0.3, -0.25) is 4.79 Å². The smallest absolute Gasteiger partial charge is 0.311 e. The second-order valence-electron chi connectivity index (χ2n) is 5.05. The van der Waals surface area contributed by atoms with Crippen molar-refractivity contribution in [1.29, 1.82) is 0 Å². The summed E-state index contributed by atoms with van der Waals surface area (Å²) in [7, 11) is 1.61. The van der Waals surface area contributed by atoms with Gasteiger partial charge < -0.3 is 19.9 Å². The fourth-order valence-electron chi connectivity index (χ4n) is 3.07. The Balaban J connectivity index is 2.04. The Morgan fingerprint density at radius 3 is 3.11 bits per heavy atom. The maximum atomic E-state index is 11.6. The number of carbonyl (C=O) groups is 1. The largest absolute Gasteiger partial charge is 0.497 e. The van der Waals surface area contributed by atoms with Crippen LogP contribution in [0.25, 0.3) is 0 Å². The van der Waals surface area contributed by atoms with E-state index >= 15 is 0 Å². The van der Waals surface area contributed by atoms with Crippen LogP contribution in [0.5, 0.6) is 5.75 Å². The minimum Gasteiger partial charge on any atom is -0.497 e. The van der Waals surface area contributed by atoms with E-state index in [1.54, 1.807) is 13.2 Å². The number of carboxylic acids is 1. The molecule has 1 fully saturated rings. The van der Waals surface area contributed by atoms with Crippen molar-refractivity contribution in [1.82, 2.24) is 0 Å². The highest BCUT2D eigenvalue weighted by Crippen LogP contribution is 2.42. The van der Waals surface area contributed by atoms with E-state index in [-0.39, 0.29) is 12.0 Å². The topological polar surface area (TPSA) is 67.8 Å². The second-order valence-corrected chi connectivity index (χ2v) is 5.05. The Morgan fingerprint density at radius 2 is 2.37 bits per heavy atom. The summed E-state index contributed by atoms with van der Waals surface area (Å²) in [5.74, 6) is -0.561. The van der Waals surface area contributed by atoms with Gasteiger partial charge in [0.25, 0.3) is 0 Å². The number of aliphatic carboxylic acids is 1. The molecule has 0 aliphatic carbocycles. The van der Waals surface area contributed by atoms with Crippen LogP contribution >= 0.6 is 0 Å². The summed E-state index contributed by atoms with van der Waals surface area (Å²) < 4.78 is 10.7. The van der Waals surface area contributed by atoms with Crippen LogP contribution in [0.1, 0.15) is 17.9 Å². The maximum absolute atomic E-state index is 11.6. The molecule has 2 heterocycles. The first kappa shape index (κ1) is 12.3. The van der Waals surface area contributed by atoms with Crippen LogP contribution in [0, 0.1) is 5.92 Å². The molecule has 2 aliphatic heterocycles. The van der Waals surface area contributed by atoms with Crippen LogP contribution in [-0.4, -0.2) is 37.4 Å². The number of hydrogen-bond acceptors (Lipinski definition) is 4. The molecular weight excluding hydrogens is 246 g/mol. The van der Waals surface area contributed by atoms with E-state index in [0.29, 0.717) is 13.2 Å². The number of anilines is 1. The van der Waals surface area contributed by atoms with E-state index in [2.05, 4.69) is 5.32 Å². The van der Waals surface area contributed by atoms with Crippen LogP contribution in [0.15, 0.2) is 18.2 Å². The molecule has 3 atom stereocenters. The van der Waals surface area contributed by atoms with E-state index in [1.165, 1.54) is 0 Å². The summed E-state index contributed by atoms with van der Waals surface area (Å²) >= 11 is 0. The lowest BCUT2D eigenvalue weighted by molar-refractivity contribution is -0.142. The molecule has 1 saturated heterocycles. The first-order valence-electron chi connectivity index (χ1n) is 6.45. The summed E-state index contributed by atoms with van der Waals surface area (Å²) in [5.41, 5.74) is 1.69. The van der Waals surface area contributed by atoms with Gasteiger partial charge in [0.05, 0.1) is 19.6 Å². The highest BCUT2D eigenvalue weighted by molar-refractivity contribution is 5.81. The molecule has 0 bridgehead atoms. The molecule has 5 nitrogen and oxygen atoms in total. The van der Waals surface area contributed by atoms with E-state index < -0.39 is 11.9 Å². The molecule has 1 aromatic carbocycles. The van der Waals surface area contributed by atoms with Crippen molar-refractivity contribution < 1.29 is 19.4 Å². The number of ether oxygens (including phenoxy) is 2. The van der Waals surface area contributed by atoms with Gasteiger partial charge in [0.2, 0.25) is 0 Å². The average molecular weight is 263 g/mol. The highest BCUT2D eigenvalue weighted by atomic mass is 16.5. The van der Waals surface area contributed by atoms with Crippen molar-refractivity contribution in [2.24, 2.45) is 5.92 Å². The van der Waals surface area contributed by atoms with Crippen molar-refractivity contribution in [3.05, 3.63) is 23.8 Å². The predicted molar refractivity (Wildman–Crippen MR) is 69.7 cm³/mol. The first-order valence-corrected chi connectivity index (χ1v) is 6.45. The molecule has 3 unspecified atom stereocenters. The van der Waals surface area contributed by atoms with E-state index in [4.69, 9.17) is 9.47 Å². The fraction of sp³-hybridized carbons (Fsp3) is 0.500. The molecule has 19 heavy (non-hydrogen) atoms. The molecule has 0 amide bonds. The van der Waals surface area contributed by atoms with Crippen LogP contribution < -0.4 is 10.1 Å². The van der Waals surface area contributed by atoms with E-state index in [9.17, 15) is 9.90 Å². The fourth-order valence-corrected chi connectivity index (χ4v) is 3.07. The molecule has 0 radical (unpaired) electrons. The maximum Gasteiger partial charge on any atom is 0.311 e. The Morgan fingerprint density at radius 1 is 1.53 bits per heavy atom. The van der Waals surface area contributed by atoms with Gasteiger partial charge in [-0.15, -0.1) is 0 Å². The molecule has 1 aromatic rings. The SMILES string of the molecule is COc1ccc2c(c1)NC1CCOCC1C2C(=O)O. The molecular formula is C14H17NO4. The van der Waals surface area contributed by atoms with Crippen LogP contribution in [-0.2, 0) is 9.53 Å². The molecule has 0 saturated carbocycles. The molecule has 0 aromatic heterocycles. The van der Waals surface area contributed by atoms with E-state index in [0.717, 1.165) is 23.4 Å². The van der Waals surface area contributed by atoms with Crippen molar-refractivity contribution >= 4 is 11.7 Å². The zero-order chi connectivity index (χ0) is 13.4. The summed E-state index contributed by atoms with van der Waals surface area (Å²) in [6.45, 7) is 1.18. The number of benzene rings is 1. The van der Waals surface area contributed by atoms with Gasteiger partial charge in [0.1, 0.15) is 5.75 Å². The number of fused-ring (bicyclic) bond motifs is 2. The summed E-state index contributed by atoms with van der Waals surface area (Å²) in [6, 6.07) is 5.68. The predicted octanol–water partition coefficient (Wildman–Crippen LogP) is 1.69. The lowest BCUT2D eigenvalue weighted by Gasteiger charge is -2.41. The third-order valence-electron chi connectivity index (χ3n) is 4.03. The molecule has 2 aliphatic rings. The lowest BCUT2D eigenvalue weighted by atomic mass is 9.76. The minimum atomic E-state index is -0.784. The monoisotopic (exact) mass is 263 g/mol. The van der Waals surface area contributed by atoms with Crippen molar-refractivity contribution in [2.75, 3.05) is 25.6 Å². The zero-order valence-electron chi connectivity index (χ0n) is 10.8. The van der Waals surface area contributed by atoms with Gasteiger partial charge in [0, 0.05) is 30.3 Å². The Bertz CT molecular complexity index is 502. The second kappa shape index (κ2) is 4.74. The van der Waals surface area contributed by atoms with Crippen LogP contribution in [0.2, 0.25) is 0 Å².